The van der Waals surface area contributed by atoms with Crippen LogP contribution in [0, 0.1) is 0 Å². The van der Waals surface area contributed by atoms with Gasteiger partial charge in [0.05, 0.1) is 0 Å². The Bertz CT molecular complexity index is 1000. The van der Waals surface area contributed by atoms with E-state index in [1.165, 1.54) is 16.0 Å². The van der Waals surface area contributed by atoms with Gasteiger partial charge >= 0.3 is 12.1 Å². The van der Waals surface area contributed by atoms with E-state index < -0.39 is 23.6 Å². The summed E-state index contributed by atoms with van der Waals surface area (Å²) in [4.78, 5) is 37.3. The van der Waals surface area contributed by atoms with E-state index in [9.17, 15) is 14.4 Å². The van der Waals surface area contributed by atoms with Crippen LogP contribution in [0.1, 0.15) is 50.2 Å². The molecule has 4 rings (SSSR count). The Kier molecular flexibility index (Phi) is 5.91. The van der Waals surface area contributed by atoms with Crippen molar-refractivity contribution in [3.05, 3.63) is 59.7 Å². The zero-order valence-corrected chi connectivity index (χ0v) is 18.3. The fourth-order valence-electron chi connectivity index (χ4n) is 4.48. The molecule has 7 nitrogen and oxygen atoms in total. The highest BCUT2D eigenvalue weighted by Gasteiger charge is 2.38. The summed E-state index contributed by atoms with van der Waals surface area (Å²) in [7, 11) is 0. The first-order valence-electron chi connectivity index (χ1n) is 10.9. The van der Waals surface area contributed by atoms with Gasteiger partial charge in [-0.1, -0.05) is 48.5 Å². The van der Waals surface area contributed by atoms with Gasteiger partial charge in [-0.2, -0.15) is 0 Å². The number of aliphatic carboxylic acids is 1. The number of fused-ring (bicyclic) bond motifs is 3. The van der Waals surface area contributed by atoms with Crippen LogP contribution in [0.15, 0.2) is 48.5 Å². The van der Waals surface area contributed by atoms with Crippen molar-refractivity contribution in [3.8, 4) is 11.1 Å². The molecule has 1 aliphatic carbocycles. The Morgan fingerprint density at radius 1 is 1.06 bits per heavy atom. The van der Waals surface area contributed by atoms with Crippen molar-refractivity contribution in [3.63, 3.8) is 0 Å². The molecule has 2 aliphatic rings. The first kappa shape index (κ1) is 21.9. The number of likely N-dealkylation sites (tertiary alicyclic amines) is 1. The lowest BCUT2D eigenvalue weighted by Crippen LogP contribution is -2.55. The van der Waals surface area contributed by atoms with Gasteiger partial charge in [0.1, 0.15) is 12.6 Å². The summed E-state index contributed by atoms with van der Waals surface area (Å²) in [5, 5.41) is 11.9. The number of carboxylic acid groups (broad SMARTS) is 1. The molecule has 0 bridgehead atoms. The lowest BCUT2D eigenvalue weighted by atomic mass is 9.96. The molecule has 1 atom stereocenters. The molecular formula is C25H28N2O5. The van der Waals surface area contributed by atoms with Gasteiger partial charge in [-0.25, -0.2) is 9.59 Å². The summed E-state index contributed by atoms with van der Waals surface area (Å²) < 4.78 is 5.59. The maximum Gasteiger partial charge on any atom is 0.407 e. The predicted molar refractivity (Wildman–Crippen MR) is 119 cm³/mol. The number of carbonyl (C=O) groups is 3. The van der Waals surface area contributed by atoms with Crippen molar-refractivity contribution >= 4 is 18.0 Å². The first-order chi connectivity index (χ1) is 15.3. The Balaban J connectivity index is 1.31. The Labute approximate surface area is 187 Å². The molecule has 0 spiro atoms. The third kappa shape index (κ3) is 4.33. The molecule has 0 aromatic heterocycles. The van der Waals surface area contributed by atoms with E-state index in [2.05, 4.69) is 29.6 Å². The van der Waals surface area contributed by atoms with Crippen LogP contribution in [-0.4, -0.2) is 52.7 Å². The van der Waals surface area contributed by atoms with Crippen molar-refractivity contribution in [1.82, 2.24) is 10.2 Å². The van der Waals surface area contributed by atoms with Gasteiger partial charge in [0.25, 0.3) is 0 Å². The zero-order chi connectivity index (χ0) is 22.9. The minimum atomic E-state index is -0.972. The Hall–Kier alpha value is -3.35. The summed E-state index contributed by atoms with van der Waals surface area (Å²) in [6.45, 7) is 4.35. The minimum Gasteiger partial charge on any atom is -0.480 e. The normalized spacial score (nSPS) is 17.2. The van der Waals surface area contributed by atoms with Crippen LogP contribution in [0.2, 0.25) is 0 Å². The highest BCUT2D eigenvalue weighted by Crippen LogP contribution is 2.44. The summed E-state index contributed by atoms with van der Waals surface area (Å²) >= 11 is 0. The van der Waals surface area contributed by atoms with Crippen LogP contribution in [0.5, 0.6) is 0 Å². The van der Waals surface area contributed by atoms with Crippen LogP contribution >= 0.6 is 0 Å². The summed E-state index contributed by atoms with van der Waals surface area (Å²) in [5.41, 5.74) is 3.97. The van der Waals surface area contributed by atoms with E-state index in [0.29, 0.717) is 19.4 Å². The maximum atomic E-state index is 12.5. The van der Waals surface area contributed by atoms with Crippen LogP contribution in [0.25, 0.3) is 11.1 Å². The molecule has 2 N–H and O–H groups in total. The molecule has 1 aliphatic heterocycles. The number of nitrogens with one attached hydrogen (secondary N) is 1. The van der Waals surface area contributed by atoms with Gasteiger partial charge in [0, 0.05) is 24.4 Å². The van der Waals surface area contributed by atoms with Crippen LogP contribution < -0.4 is 5.32 Å². The maximum absolute atomic E-state index is 12.5. The molecule has 1 heterocycles. The Morgan fingerprint density at radius 3 is 2.19 bits per heavy atom. The van der Waals surface area contributed by atoms with Crippen molar-refractivity contribution in [2.24, 2.45) is 0 Å². The quantitative estimate of drug-likeness (QED) is 0.689. The van der Waals surface area contributed by atoms with Gasteiger partial charge in [0.15, 0.2) is 0 Å². The minimum absolute atomic E-state index is 0.0165. The Morgan fingerprint density at radius 2 is 1.66 bits per heavy atom. The van der Waals surface area contributed by atoms with Gasteiger partial charge in [0.2, 0.25) is 5.91 Å². The van der Waals surface area contributed by atoms with E-state index in [0.717, 1.165) is 11.1 Å². The van der Waals surface area contributed by atoms with Crippen LogP contribution in [-0.2, 0) is 14.3 Å². The number of carboxylic acids is 1. The second-order valence-electron chi connectivity index (χ2n) is 9.06. The highest BCUT2D eigenvalue weighted by molar-refractivity contribution is 5.85. The molecule has 32 heavy (non-hydrogen) atoms. The smallest absolute Gasteiger partial charge is 0.407 e. The van der Waals surface area contributed by atoms with Crippen molar-refractivity contribution in [1.29, 1.82) is 0 Å². The molecule has 2 aromatic rings. The third-order valence-corrected chi connectivity index (χ3v) is 6.37. The van der Waals surface area contributed by atoms with Gasteiger partial charge < -0.3 is 20.1 Å². The first-order valence-corrected chi connectivity index (χ1v) is 10.9. The molecular weight excluding hydrogens is 408 g/mol. The van der Waals surface area contributed by atoms with Gasteiger partial charge in [-0.05, 0) is 48.9 Å². The lowest BCUT2D eigenvalue weighted by Gasteiger charge is -2.38. The molecule has 0 saturated carbocycles. The number of hydrogen-bond donors (Lipinski definition) is 2. The van der Waals surface area contributed by atoms with E-state index in [1.807, 2.05) is 38.1 Å². The van der Waals surface area contributed by atoms with Crippen LogP contribution in [0.4, 0.5) is 4.79 Å². The number of amides is 2. The third-order valence-electron chi connectivity index (χ3n) is 6.37. The van der Waals surface area contributed by atoms with Crippen molar-refractivity contribution < 1.29 is 24.2 Å². The number of nitrogens with zero attached hydrogens (tertiary/aromatic N) is 1. The molecule has 0 radical (unpaired) electrons. The van der Waals surface area contributed by atoms with Gasteiger partial charge in [-0.3, -0.25) is 4.79 Å². The molecule has 7 heteroatoms. The van der Waals surface area contributed by atoms with E-state index in [1.54, 1.807) is 0 Å². The van der Waals surface area contributed by atoms with Gasteiger partial charge in [-0.15, -0.1) is 0 Å². The van der Waals surface area contributed by atoms with Crippen molar-refractivity contribution in [2.75, 3.05) is 13.2 Å². The fourth-order valence-corrected chi connectivity index (χ4v) is 4.48. The summed E-state index contributed by atoms with van der Waals surface area (Å²) in [6.07, 6.45) is 0.513. The summed E-state index contributed by atoms with van der Waals surface area (Å²) in [5.74, 6) is -1.19. The SMILES string of the molecule is CC(C)(CCC(=O)N1CCC1C(=O)O)NC(=O)OCC1c2ccccc2-c2ccccc21. The molecule has 1 saturated heterocycles. The number of ether oxygens (including phenoxy) is 1. The fraction of sp³-hybridized carbons (Fsp3) is 0.400. The second kappa shape index (κ2) is 8.65. The van der Waals surface area contributed by atoms with Crippen molar-refractivity contribution in [2.45, 2.75) is 50.6 Å². The number of alkyl carbamates (subject to hydrolysis) is 1. The molecule has 2 aromatic carbocycles. The molecule has 1 fully saturated rings. The van der Waals surface area contributed by atoms with E-state index in [4.69, 9.17) is 9.84 Å². The van der Waals surface area contributed by atoms with E-state index >= 15 is 0 Å². The lowest BCUT2D eigenvalue weighted by molar-refractivity contribution is -0.157. The average Bonchev–Trinajstić information content (AvgIpc) is 3.03. The number of rotatable bonds is 7. The average molecular weight is 437 g/mol. The molecule has 168 valence electrons. The monoisotopic (exact) mass is 436 g/mol. The molecule has 1 unspecified atom stereocenters. The standard InChI is InChI=1S/C25H28N2O5/c1-25(2,13-11-22(28)27-14-12-21(27)23(29)30)26-24(31)32-15-20-18-9-5-3-7-16(18)17-8-4-6-10-19(17)20/h3-10,20-21H,11-15H2,1-2H3,(H,26,31)(H,29,30). The summed E-state index contributed by atoms with van der Waals surface area (Å²) in [6, 6.07) is 15.6. The number of carbonyl (C=O) groups excluding carboxylic acids is 2. The topological polar surface area (TPSA) is 95.9 Å². The van der Waals surface area contributed by atoms with E-state index in [-0.39, 0.29) is 24.9 Å². The number of benzene rings is 2. The largest absolute Gasteiger partial charge is 0.480 e. The van der Waals surface area contributed by atoms with Crippen LogP contribution in [0.3, 0.4) is 0 Å². The predicted octanol–water partition coefficient (Wildman–Crippen LogP) is 3.77. The molecule has 2 amide bonds. The highest BCUT2D eigenvalue weighted by atomic mass is 16.5. The second-order valence-corrected chi connectivity index (χ2v) is 9.06. The zero-order valence-electron chi connectivity index (χ0n) is 18.3. The number of hydrogen-bond acceptors (Lipinski definition) is 4.